The van der Waals surface area contributed by atoms with Crippen LogP contribution in [0.3, 0.4) is 0 Å². The first-order valence-corrected chi connectivity index (χ1v) is 8.67. The van der Waals surface area contributed by atoms with E-state index in [-0.39, 0.29) is 11.9 Å². The molecule has 0 radical (unpaired) electrons. The molecule has 0 aliphatic rings. The normalized spacial score (nSPS) is 12.4. The number of tetrazole rings is 1. The summed E-state index contributed by atoms with van der Waals surface area (Å²) in [4.78, 5) is 14.2. The number of thioether (sulfide) groups is 1. The third-order valence-corrected chi connectivity index (χ3v) is 4.56. The number of aromatic nitrogens is 4. The highest BCUT2D eigenvalue weighted by atomic mass is 32.2. The van der Waals surface area contributed by atoms with Crippen LogP contribution in [0.1, 0.15) is 32.4 Å². The van der Waals surface area contributed by atoms with Crippen LogP contribution in [0.25, 0.3) is 0 Å². The van der Waals surface area contributed by atoms with Gasteiger partial charge in [-0.2, -0.15) is 0 Å². The Hall–Kier alpha value is -1.89. The lowest BCUT2D eigenvalue weighted by atomic mass is 10.1. The predicted octanol–water partition coefficient (Wildman–Crippen LogP) is 2.64. The quantitative estimate of drug-likeness (QED) is 0.729. The van der Waals surface area contributed by atoms with Crippen LogP contribution in [0.15, 0.2) is 35.5 Å². The van der Waals surface area contributed by atoms with E-state index >= 15 is 0 Å². The van der Waals surface area contributed by atoms with Crippen LogP contribution in [0.4, 0.5) is 0 Å². The van der Waals surface area contributed by atoms with Crippen molar-refractivity contribution >= 4 is 17.7 Å². The maximum atomic E-state index is 12.4. The van der Waals surface area contributed by atoms with Crippen molar-refractivity contribution in [3.8, 4) is 0 Å². The molecule has 0 bridgehead atoms. The second-order valence-electron chi connectivity index (χ2n) is 5.92. The predicted molar refractivity (Wildman–Crippen MR) is 91.0 cm³/mol. The van der Waals surface area contributed by atoms with Gasteiger partial charge in [0, 0.05) is 13.6 Å². The van der Waals surface area contributed by atoms with Crippen molar-refractivity contribution in [3.05, 3.63) is 35.9 Å². The van der Waals surface area contributed by atoms with E-state index in [9.17, 15) is 4.79 Å². The summed E-state index contributed by atoms with van der Waals surface area (Å²) in [5, 5.41) is 12.4. The molecule has 6 nitrogen and oxygen atoms in total. The molecular formula is C16H23N5OS. The summed E-state index contributed by atoms with van der Waals surface area (Å²) in [6.45, 7) is 6.99. The third kappa shape index (κ3) is 4.79. The first kappa shape index (κ1) is 17.5. The summed E-state index contributed by atoms with van der Waals surface area (Å²) >= 11 is 1.38. The van der Waals surface area contributed by atoms with Crippen molar-refractivity contribution in [3.63, 3.8) is 0 Å². The number of nitrogens with zero attached hydrogens (tertiary/aromatic N) is 5. The summed E-state index contributed by atoms with van der Waals surface area (Å²) in [5.41, 5.74) is 1.12. The largest absolute Gasteiger partial charge is 0.338 e. The van der Waals surface area contributed by atoms with Crippen molar-refractivity contribution < 1.29 is 4.79 Å². The van der Waals surface area contributed by atoms with Gasteiger partial charge in [0.2, 0.25) is 11.1 Å². The lowest BCUT2D eigenvalue weighted by Gasteiger charge is -2.25. The summed E-state index contributed by atoms with van der Waals surface area (Å²) in [6.07, 6.45) is 0. The average Bonchev–Trinajstić information content (AvgIpc) is 2.98. The van der Waals surface area contributed by atoms with Gasteiger partial charge in [-0.1, -0.05) is 55.9 Å². The van der Waals surface area contributed by atoms with E-state index in [0.717, 1.165) is 12.1 Å². The van der Waals surface area contributed by atoms with E-state index in [2.05, 4.69) is 29.4 Å². The number of carbonyl (C=O) groups is 1. The summed E-state index contributed by atoms with van der Waals surface area (Å²) in [7, 11) is 1.83. The molecule has 1 aromatic heterocycles. The van der Waals surface area contributed by atoms with Gasteiger partial charge < -0.3 is 4.90 Å². The number of benzene rings is 1. The second-order valence-corrected chi connectivity index (χ2v) is 6.86. The zero-order valence-electron chi connectivity index (χ0n) is 14.0. The fourth-order valence-corrected chi connectivity index (χ4v) is 2.97. The van der Waals surface area contributed by atoms with E-state index in [1.807, 2.05) is 44.3 Å². The summed E-state index contributed by atoms with van der Waals surface area (Å²) in [5.74, 6) is 0.839. The highest BCUT2D eigenvalue weighted by Crippen LogP contribution is 2.21. The highest BCUT2D eigenvalue weighted by Gasteiger charge is 2.18. The van der Waals surface area contributed by atoms with Crippen LogP contribution >= 0.6 is 11.8 Å². The topological polar surface area (TPSA) is 63.9 Å². The molecule has 1 amide bonds. The van der Waals surface area contributed by atoms with E-state index < -0.39 is 0 Å². The van der Waals surface area contributed by atoms with Crippen molar-refractivity contribution in [1.82, 2.24) is 25.1 Å². The standard InChI is InChI=1S/C16H23N5OS/c1-12(2)10-21-16(17-18-19-21)23-11-15(22)20(4)13(3)14-8-6-5-7-9-14/h5-9,12-13H,10-11H2,1-4H3. The number of amides is 1. The Kier molecular flexibility index (Phi) is 6.15. The van der Waals surface area contributed by atoms with Gasteiger partial charge in [0.15, 0.2) is 0 Å². The first-order chi connectivity index (χ1) is 11.0. The maximum absolute atomic E-state index is 12.4. The Bertz CT molecular complexity index is 628. The molecule has 0 aliphatic carbocycles. The molecule has 0 saturated heterocycles. The number of carbonyl (C=O) groups excluding carboxylic acids is 1. The van der Waals surface area contributed by atoms with Crippen molar-refractivity contribution in [2.45, 2.75) is 38.5 Å². The third-order valence-electron chi connectivity index (χ3n) is 3.62. The van der Waals surface area contributed by atoms with Gasteiger partial charge in [-0.05, 0) is 28.8 Å². The Morgan fingerprint density at radius 1 is 1.26 bits per heavy atom. The van der Waals surface area contributed by atoms with Crippen LogP contribution in [0.2, 0.25) is 0 Å². The summed E-state index contributed by atoms with van der Waals surface area (Å²) in [6, 6.07) is 10.0. The number of hydrogen-bond donors (Lipinski definition) is 0. The molecule has 1 unspecified atom stereocenters. The molecule has 1 atom stereocenters. The molecule has 0 saturated carbocycles. The Balaban J connectivity index is 1.93. The molecule has 0 spiro atoms. The van der Waals surface area contributed by atoms with Crippen LogP contribution in [-0.4, -0.2) is 43.8 Å². The molecular weight excluding hydrogens is 310 g/mol. The molecule has 0 N–H and O–H groups in total. The van der Waals surface area contributed by atoms with E-state index in [1.54, 1.807) is 9.58 Å². The van der Waals surface area contributed by atoms with Crippen molar-refractivity contribution in [2.75, 3.05) is 12.8 Å². The van der Waals surface area contributed by atoms with Gasteiger partial charge in [0.05, 0.1) is 11.8 Å². The minimum Gasteiger partial charge on any atom is -0.338 e. The zero-order chi connectivity index (χ0) is 16.8. The smallest absolute Gasteiger partial charge is 0.233 e. The molecule has 2 aromatic rings. The minimum absolute atomic E-state index is 0.0379. The SMILES string of the molecule is CC(C)Cn1nnnc1SCC(=O)N(C)C(C)c1ccccc1. The molecule has 1 heterocycles. The van der Waals surface area contributed by atoms with Crippen LogP contribution < -0.4 is 0 Å². The Morgan fingerprint density at radius 2 is 1.96 bits per heavy atom. The minimum atomic E-state index is 0.0379. The van der Waals surface area contributed by atoms with Crippen LogP contribution in [0.5, 0.6) is 0 Å². The van der Waals surface area contributed by atoms with Gasteiger partial charge in [-0.3, -0.25) is 4.79 Å². The van der Waals surface area contributed by atoms with Gasteiger partial charge in [-0.25, -0.2) is 4.68 Å². The molecule has 124 valence electrons. The highest BCUT2D eigenvalue weighted by molar-refractivity contribution is 7.99. The van der Waals surface area contributed by atoms with Crippen LogP contribution in [-0.2, 0) is 11.3 Å². The fraction of sp³-hybridized carbons (Fsp3) is 0.500. The van der Waals surface area contributed by atoms with Gasteiger partial charge in [-0.15, -0.1) is 5.10 Å². The first-order valence-electron chi connectivity index (χ1n) is 7.68. The molecule has 0 aliphatic heterocycles. The van der Waals surface area contributed by atoms with Crippen LogP contribution in [0, 0.1) is 5.92 Å². The van der Waals surface area contributed by atoms with E-state index in [1.165, 1.54) is 11.8 Å². The van der Waals surface area contributed by atoms with Gasteiger partial charge in [0.25, 0.3) is 0 Å². The average molecular weight is 333 g/mol. The Morgan fingerprint density at radius 3 is 2.61 bits per heavy atom. The monoisotopic (exact) mass is 333 g/mol. The van der Waals surface area contributed by atoms with Crippen molar-refractivity contribution in [1.29, 1.82) is 0 Å². The van der Waals surface area contributed by atoms with Crippen molar-refractivity contribution in [2.24, 2.45) is 5.92 Å². The number of hydrogen-bond acceptors (Lipinski definition) is 5. The number of rotatable bonds is 7. The maximum Gasteiger partial charge on any atom is 0.233 e. The fourth-order valence-electron chi connectivity index (χ4n) is 2.16. The molecule has 7 heteroatoms. The molecule has 1 aromatic carbocycles. The molecule has 0 fully saturated rings. The second kappa shape index (κ2) is 8.10. The van der Waals surface area contributed by atoms with E-state index in [0.29, 0.717) is 16.8 Å². The van der Waals surface area contributed by atoms with Gasteiger partial charge in [0.1, 0.15) is 0 Å². The van der Waals surface area contributed by atoms with E-state index in [4.69, 9.17) is 0 Å². The zero-order valence-corrected chi connectivity index (χ0v) is 14.8. The summed E-state index contributed by atoms with van der Waals surface area (Å²) < 4.78 is 1.75. The molecule has 2 rings (SSSR count). The molecule has 23 heavy (non-hydrogen) atoms. The van der Waals surface area contributed by atoms with Gasteiger partial charge >= 0.3 is 0 Å². The lowest BCUT2D eigenvalue weighted by molar-refractivity contribution is -0.128. The Labute approximate surface area is 141 Å². The lowest BCUT2D eigenvalue weighted by Crippen LogP contribution is -2.31.